The number of aromatic nitrogens is 2. The van der Waals surface area contributed by atoms with Gasteiger partial charge in [-0.25, -0.2) is 0 Å². The van der Waals surface area contributed by atoms with Crippen molar-refractivity contribution in [3.8, 4) is 0 Å². The summed E-state index contributed by atoms with van der Waals surface area (Å²) in [6.45, 7) is 6.69. The molecule has 0 aliphatic carbocycles. The van der Waals surface area contributed by atoms with Gasteiger partial charge in [0.25, 0.3) is 0 Å². The van der Waals surface area contributed by atoms with E-state index in [0.29, 0.717) is 0 Å². The predicted molar refractivity (Wildman–Crippen MR) is 80.2 cm³/mol. The molecule has 0 aromatic carbocycles. The van der Waals surface area contributed by atoms with E-state index in [2.05, 4.69) is 56.9 Å². The van der Waals surface area contributed by atoms with Crippen molar-refractivity contribution in [3.05, 3.63) is 54.1 Å². The minimum absolute atomic E-state index is 1.04. The predicted octanol–water partition coefficient (Wildman–Crippen LogP) is 1.74. The second-order valence-electron chi connectivity index (χ2n) is 5.52. The number of hydrogen-bond acceptors (Lipinski definition) is 3. The Morgan fingerprint density at radius 1 is 0.950 bits per heavy atom. The van der Waals surface area contributed by atoms with Gasteiger partial charge in [-0.05, 0) is 29.8 Å². The van der Waals surface area contributed by atoms with Crippen LogP contribution in [0.15, 0.2) is 42.9 Å². The largest absolute Gasteiger partial charge is 0.353 e. The van der Waals surface area contributed by atoms with Crippen LogP contribution >= 0.6 is 0 Å². The van der Waals surface area contributed by atoms with E-state index < -0.39 is 0 Å². The van der Waals surface area contributed by atoms with E-state index in [0.717, 1.165) is 39.3 Å². The lowest BCUT2D eigenvalue weighted by atomic mass is 10.2. The molecule has 1 fully saturated rings. The summed E-state index contributed by atoms with van der Waals surface area (Å²) in [6, 6.07) is 8.55. The first-order valence-corrected chi connectivity index (χ1v) is 7.25. The average Bonchev–Trinajstić information content (AvgIpc) is 2.88. The highest BCUT2D eigenvalue weighted by atomic mass is 15.3. The van der Waals surface area contributed by atoms with Crippen LogP contribution in [-0.4, -0.2) is 45.5 Å². The minimum Gasteiger partial charge on any atom is -0.353 e. The summed E-state index contributed by atoms with van der Waals surface area (Å²) in [5, 5.41) is 0. The molecule has 106 valence electrons. The maximum Gasteiger partial charge on any atom is 0.0388 e. The lowest BCUT2D eigenvalue weighted by Crippen LogP contribution is -2.45. The Labute approximate surface area is 120 Å². The third kappa shape index (κ3) is 3.26. The van der Waals surface area contributed by atoms with Crippen molar-refractivity contribution in [1.29, 1.82) is 0 Å². The van der Waals surface area contributed by atoms with Gasteiger partial charge < -0.3 is 4.57 Å². The molecular weight excluding hydrogens is 248 g/mol. The van der Waals surface area contributed by atoms with E-state index in [4.69, 9.17) is 0 Å². The monoisotopic (exact) mass is 270 g/mol. The molecule has 3 rings (SSSR count). The van der Waals surface area contributed by atoms with Crippen LogP contribution in [0.25, 0.3) is 0 Å². The number of hydrogen-bond donors (Lipinski definition) is 0. The number of nitrogens with zero attached hydrogens (tertiary/aromatic N) is 4. The van der Waals surface area contributed by atoms with Crippen LogP contribution < -0.4 is 0 Å². The lowest BCUT2D eigenvalue weighted by molar-refractivity contribution is 0.120. The maximum atomic E-state index is 4.07. The molecule has 1 aliphatic heterocycles. The second kappa shape index (κ2) is 6.20. The zero-order chi connectivity index (χ0) is 13.8. The quantitative estimate of drug-likeness (QED) is 0.846. The number of aryl methyl sites for hydroxylation is 1. The first-order valence-electron chi connectivity index (χ1n) is 7.25. The van der Waals surface area contributed by atoms with Crippen molar-refractivity contribution >= 4 is 0 Å². The summed E-state index contributed by atoms with van der Waals surface area (Å²) in [6.07, 6.45) is 5.87. The first kappa shape index (κ1) is 13.3. The van der Waals surface area contributed by atoms with Crippen LogP contribution in [0.4, 0.5) is 0 Å². The Bertz CT molecular complexity index is 526. The molecule has 0 radical (unpaired) electrons. The highest BCUT2D eigenvalue weighted by Crippen LogP contribution is 2.11. The summed E-state index contributed by atoms with van der Waals surface area (Å²) < 4.78 is 2.21. The van der Waals surface area contributed by atoms with Crippen LogP contribution in [0.5, 0.6) is 0 Å². The highest BCUT2D eigenvalue weighted by Gasteiger charge is 2.17. The first-order chi connectivity index (χ1) is 9.81. The topological polar surface area (TPSA) is 24.3 Å². The molecule has 4 heteroatoms. The van der Waals surface area contributed by atoms with E-state index in [1.165, 1.54) is 11.3 Å². The molecule has 1 saturated heterocycles. The van der Waals surface area contributed by atoms with Gasteiger partial charge in [-0.1, -0.05) is 0 Å². The zero-order valence-electron chi connectivity index (χ0n) is 12.1. The molecule has 0 unspecified atom stereocenters. The summed E-state index contributed by atoms with van der Waals surface area (Å²) in [5.41, 5.74) is 2.75. The molecule has 3 heterocycles. The van der Waals surface area contributed by atoms with E-state index in [1.807, 2.05) is 12.4 Å². The standard InChI is InChI=1S/C16H22N4/c1-18-8-2-3-16(18)14-20-11-9-19(10-12-20)13-15-4-6-17-7-5-15/h2-8H,9-14H2,1H3. The Hall–Kier alpha value is -1.65. The molecule has 4 nitrogen and oxygen atoms in total. The molecule has 0 bridgehead atoms. The molecule has 0 N–H and O–H groups in total. The van der Waals surface area contributed by atoms with Gasteiger partial charge in [-0.15, -0.1) is 0 Å². The van der Waals surface area contributed by atoms with E-state index in [-0.39, 0.29) is 0 Å². The Morgan fingerprint density at radius 2 is 1.60 bits per heavy atom. The van der Waals surface area contributed by atoms with Gasteiger partial charge in [0.2, 0.25) is 0 Å². The highest BCUT2D eigenvalue weighted by molar-refractivity contribution is 5.10. The summed E-state index contributed by atoms with van der Waals surface area (Å²) >= 11 is 0. The maximum absolute atomic E-state index is 4.07. The van der Waals surface area contributed by atoms with Gasteiger partial charge >= 0.3 is 0 Å². The molecule has 0 amide bonds. The van der Waals surface area contributed by atoms with E-state index in [1.54, 1.807) is 0 Å². The van der Waals surface area contributed by atoms with Crippen molar-refractivity contribution in [2.75, 3.05) is 26.2 Å². The van der Waals surface area contributed by atoms with Crippen molar-refractivity contribution < 1.29 is 0 Å². The molecule has 20 heavy (non-hydrogen) atoms. The fourth-order valence-electron chi connectivity index (χ4n) is 2.74. The summed E-state index contributed by atoms with van der Waals surface area (Å²) in [4.78, 5) is 9.14. The second-order valence-corrected chi connectivity index (χ2v) is 5.52. The molecule has 0 spiro atoms. The number of pyridine rings is 1. The van der Waals surface area contributed by atoms with Gasteiger partial charge in [0.1, 0.15) is 0 Å². The van der Waals surface area contributed by atoms with Crippen LogP contribution in [-0.2, 0) is 20.1 Å². The summed E-state index contributed by atoms with van der Waals surface area (Å²) in [5.74, 6) is 0. The van der Waals surface area contributed by atoms with E-state index in [9.17, 15) is 0 Å². The molecular formula is C16H22N4. The van der Waals surface area contributed by atoms with Crippen molar-refractivity contribution in [2.45, 2.75) is 13.1 Å². The molecule has 0 saturated carbocycles. The number of piperazine rings is 1. The molecule has 0 atom stereocenters. The van der Waals surface area contributed by atoms with Crippen molar-refractivity contribution in [2.24, 2.45) is 7.05 Å². The normalized spacial score (nSPS) is 17.4. The molecule has 1 aliphatic rings. The van der Waals surface area contributed by atoms with Crippen LogP contribution in [0, 0.1) is 0 Å². The van der Waals surface area contributed by atoms with Crippen molar-refractivity contribution in [1.82, 2.24) is 19.4 Å². The lowest BCUT2D eigenvalue weighted by Gasteiger charge is -2.34. The SMILES string of the molecule is Cn1cccc1CN1CCN(Cc2ccncc2)CC1. The van der Waals surface area contributed by atoms with Gasteiger partial charge in [0.05, 0.1) is 0 Å². The van der Waals surface area contributed by atoms with E-state index >= 15 is 0 Å². The Kier molecular flexibility index (Phi) is 4.14. The smallest absolute Gasteiger partial charge is 0.0388 e. The molecule has 2 aromatic heterocycles. The zero-order valence-corrected chi connectivity index (χ0v) is 12.1. The van der Waals surface area contributed by atoms with Crippen LogP contribution in [0.3, 0.4) is 0 Å². The van der Waals surface area contributed by atoms with Gasteiger partial charge in [-0.2, -0.15) is 0 Å². The van der Waals surface area contributed by atoms with Crippen molar-refractivity contribution in [3.63, 3.8) is 0 Å². The third-order valence-corrected chi connectivity index (χ3v) is 4.06. The summed E-state index contributed by atoms with van der Waals surface area (Å²) in [7, 11) is 2.12. The van der Waals surface area contributed by atoms with Gasteiger partial charge in [0, 0.05) is 70.6 Å². The number of rotatable bonds is 4. The fourth-order valence-corrected chi connectivity index (χ4v) is 2.74. The third-order valence-electron chi connectivity index (χ3n) is 4.06. The Morgan fingerprint density at radius 3 is 2.20 bits per heavy atom. The molecule has 2 aromatic rings. The van der Waals surface area contributed by atoms with Gasteiger partial charge in [-0.3, -0.25) is 14.8 Å². The average molecular weight is 270 g/mol. The van der Waals surface area contributed by atoms with Gasteiger partial charge in [0.15, 0.2) is 0 Å². The fraction of sp³-hybridized carbons (Fsp3) is 0.438. The van der Waals surface area contributed by atoms with Crippen LogP contribution in [0.1, 0.15) is 11.3 Å². The van der Waals surface area contributed by atoms with Crippen LogP contribution in [0.2, 0.25) is 0 Å². The Balaban J connectivity index is 1.49. The minimum atomic E-state index is 1.04.